The molecule has 1 amide bonds. The summed E-state index contributed by atoms with van der Waals surface area (Å²) in [5, 5.41) is 3.08. The number of quaternary nitrogens is 1. The molecule has 498 valence electrons. The lowest BCUT2D eigenvalue weighted by Gasteiger charge is -2.27. The third kappa shape index (κ3) is 64.9. The highest BCUT2D eigenvalue weighted by atomic mass is 31.2. The van der Waals surface area contributed by atoms with Crippen molar-refractivity contribution < 1.29 is 37.3 Å². The minimum absolute atomic E-state index is 0.0447. The van der Waals surface area contributed by atoms with E-state index in [2.05, 4.69) is 44.3 Å². The third-order valence-corrected chi connectivity index (χ3v) is 18.1. The Morgan fingerprint density at radius 1 is 0.405 bits per heavy atom. The van der Waals surface area contributed by atoms with Crippen LogP contribution in [-0.2, 0) is 27.9 Å². The first-order chi connectivity index (χ1) is 40.9. The van der Waals surface area contributed by atoms with Crippen LogP contribution in [0.1, 0.15) is 387 Å². The molecule has 0 fully saturated rings. The Labute approximate surface area is 524 Å². The maximum absolute atomic E-state index is 13.6. The summed E-state index contributed by atoms with van der Waals surface area (Å²) in [6.07, 6.45) is 79.1. The minimum Gasteiger partial charge on any atom is -0.456 e. The molecule has 0 saturated heterocycles. The molecule has 0 rings (SSSR count). The highest BCUT2D eigenvalue weighted by Gasteiger charge is 2.30. The van der Waals surface area contributed by atoms with E-state index in [9.17, 15) is 19.0 Å². The molecule has 0 aromatic carbocycles. The molecule has 84 heavy (non-hydrogen) atoms. The van der Waals surface area contributed by atoms with Gasteiger partial charge < -0.3 is 19.4 Å². The average molecular weight is 1210 g/mol. The van der Waals surface area contributed by atoms with Gasteiger partial charge in [0, 0.05) is 12.8 Å². The van der Waals surface area contributed by atoms with Crippen molar-refractivity contribution in [2.24, 2.45) is 0 Å². The van der Waals surface area contributed by atoms with E-state index in [1.165, 1.54) is 295 Å². The average Bonchev–Trinajstić information content (AvgIpc) is 3.65. The summed E-state index contributed by atoms with van der Waals surface area (Å²) >= 11 is 0. The number of carbonyl (C=O) groups is 2. The fourth-order valence-corrected chi connectivity index (χ4v) is 12.1. The SMILES string of the molecule is CCCCCCCC/C=C/CCCCCCCCCCCCCCCC(=O)OC(/C=C/CCCCCCCCCCCC)C(COP(=O)(O)OCC[N+](C)(C)C)NC(=O)CCCCCCCCCCCCCCCCCCCCCCCCC. The van der Waals surface area contributed by atoms with Crippen LogP contribution in [0.15, 0.2) is 24.3 Å². The largest absolute Gasteiger partial charge is 0.472 e. The highest BCUT2D eigenvalue weighted by molar-refractivity contribution is 7.47. The van der Waals surface area contributed by atoms with Gasteiger partial charge in [0.05, 0.1) is 33.8 Å². The Bertz CT molecular complexity index is 1480. The molecule has 9 nitrogen and oxygen atoms in total. The molecular weight excluding hydrogens is 1060 g/mol. The van der Waals surface area contributed by atoms with Gasteiger partial charge in [-0.1, -0.05) is 341 Å². The van der Waals surface area contributed by atoms with Crippen LogP contribution in [-0.4, -0.2) is 74.3 Å². The van der Waals surface area contributed by atoms with Crippen LogP contribution >= 0.6 is 7.82 Å². The molecule has 3 atom stereocenters. The lowest BCUT2D eigenvalue weighted by molar-refractivity contribution is -0.870. The third-order valence-electron chi connectivity index (χ3n) is 17.1. The van der Waals surface area contributed by atoms with Crippen molar-refractivity contribution in [3.8, 4) is 0 Å². The van der Waals surface area contributed by atoms with E-state index in [1.807, 2.05) is 27.2 Å². The number of nitrogens with one attached hydrogen (secondary N) is 1. The summed E-state index contributed by atoms with van der Waals surface area (Å²) in [5.74, 6) is -0.480. The van der Waals surface area contributed by atoms with Gasteiger partial charge in [-0.25, -0.2) is 4.57 Å². The lowest BCUT2D eigenvalue weighted by atomic mass is 10.0. The molecular formula is C74H146N2O7P+. The van der Waals surface area contributed by atoms with Crippen molar-refractivity contribution in [3.05, 3.63) is 24.3 Å². The van der Waals surface area contributed by atoms with Crippen molar-refractivity contribution in [1.29, 1.82) is 0 Å². The maximum Gasteiger partial charge on any atom is 0.472 e. The number of rotatable bonds is 69. The van der Waals surface area contributed by atoms with Gasteiger partial charge in [-0.3, -0.25) is 18.6 Å². The fourth-order valence-electron chi connectivity index (χ4n) is 11.4. The zero-order valence-electron chi connectivity index (χ0n) is 57.2. The van der Waals surface area contributed by atoms with Gasteiger partial charge in [-0.2, -0.15) is 0 Å². The summed E-state index contributed by atoms with van der Waals surface area (Å²) in [7, 11) is 1.52. The number of hydrogen-bond acceptors (Lipinski definition) is 6. The first kappa shape index (κ1) is 82.5. The number of unbranched alkanes of at least 4 members (excludes halogenated alkanes) is 51. The Kier molecular flexibility index (Phi) is 63.3. The number of likely N-dealkylation sites (N-methyl/N-ethyl adjacent to an activating group) is 1. The molecule has 0 aliphatic rings. The smallest absolute Gasteiger partial charge is 0.456 e. The first-order valence-electron chi connectivity index (χ1n) is 37.2. The second-order valence-corrected chi connectivity index (χ2v) is 28.3. The van der Waals surface area contributed by atoms with Crippen LogP contribution in [0.4, 0.5) is 0 Å². The van der Waals surface area contributed by atoms with Gasteiger partial charge in [-0.15, -0.1) is 0 Å². The van der Waals surface area contributed by atoms with E-state index in [0.717, 1.165) is 57.8 Å². The van der Waals surface area contributed by atoms with E-state index in [1.54, 1.807) is 0 Å². The number of hydrogen-bond donors (Lipinski definition) is 2. The van der Waals surface area contributed by atoms with Crippen molar-refractivity contribution in [2.75, 3.05) is 40.9 Å². The number of phosphoric ester groups is 1. The number of carbonyl (C=O) groups excluding carboxylic acids is 2. The predicted octanol–water partition coefficient (Wildman–Crippen LogP) is 23.6. The molecule has 0 bridgehead atoms. The van der Waals surface area contributed by atoms with Crippen molar-refractivity contribution in [2.45, 2.75) is 399 Å². The molecule has 10 heteroatoms. The van der Waals surface area contributed by atoms with E-state index < -0.39 is 20.0 Å². The number of allylic oxidation sites excluding steroid dienone is 3. The number of esters is 1. The summed E-state index contributed by atoms with van der Waals surface area (Å²) in [6.45, 7) is 7.09. The van der Waals surface area contributed by atoms with Crippen molar-refractivity contribution >= 4 is 19.7 Å². The summed E-state index contributed by atoms with van der Waals surface area (Å²) in [4.78, 5) is 37.9. The topological polar surface area (TPSA) is 111 Å². The fraction of sp³-hybridized carbons (Fsp3) is 0.919. The summed E-state index contributed by atoms with van der Waals surface area (Å²) in [5.41, 5.74) is 0. The molecule has 0 aromatic heterocycles. The van der Waals surface area contributed by atoms with Gasteiger partial charge in [0.1, 0.15) is 19.3 Å². The molecule has 0 aromatic rings. The van der Waals surface area contributed by atoms with E-state index in [4.69, 9.17) is 13.8 Å². The second-order valence-electron chi connectivity index (χ2n) is 26.8. The second kappa shape index (κ2) is 64.5. The minimum atomic E-state index is -4.45. The standard InChI is InChI=1S/C74H145N2O7P/c1-7-10-13-16-19-22-25-28-30-32-34-36-38-40-42-44-46-48-51-54-57-60-63-66-73(77)75-71(70-82-84(79,80)81-69-68-76(4,5)6)72(65-62-59-56-53-50-27-24-21-18-15-12-9-3)83-74(78)67-64-61-58-55-52-49-47-45-43-41-39-37-35-33-31-29-26-23-20-17-14-11-8-2/h29,31,62,65,71-72H,7-28,30,32-61,63-64,66-70H2,1-6H3,(H-,75,77,79,80)/p+1/b31-29+,65-62+. The highest BCUT2D eigenvalue weighted by Crippen LogP contribution is 2.43. The van der Waals surface area contributed by atoms with Crippen molar-refractivity contribution in [3.63, 3.8) is 0 Å². The molecule has 3 unspecified atom stereocenters. The molecule has 2 N–H and O–H groups in total. The van der Waals surface area contributed by atoms with E-state index >= 15 is 0 Å². The Morgan fingerprint density at radius 2 is 0.690 bits per heavy atom. The van der Waals surface area contributed by atoms with E-state index in [-0.39, 0.29) is 25.1 Å². The number of amides is 1. The zero-order chi connectivity index (χ0) is 61.4. The van der Waals surface area contributed by atoms with Gasteiger partial charge in [0.2, 0.25) is 5.91 Å². The molecule has 0 aliphatic heterocycles. The number of ether oxygens (including phenoxy) is 1. The Hall–Kier alpha value is -1.51. The summed E-state index contributed by atoms with van der Waals surface area (Å²) in [6, 6.07) is -0.843. The summed E-state index contributed by atoms with van der Waals surface area (Å²) < 4.78 is 30.9. The molecule has 0 radical (unpaired) electrons. The Morgan fingerprint density at radius 3 is 1.01 bits per heavy atom. The van der Waals surface area contributed by atoms with E-state index in [0.29, 0.717) is 23.9 Å². The van der Waals surface area contributed by atoms with Crippen molar-refractivity contribution in [1.82, 2.24) is 5.32 Å². The van der Waals surface area contributed by atoms with Gasteiger partial charge in [0.15, 0.2) is 0 Å². The zero-order valence-corrected chi connectivity index (χ0v) is 58.1. The van der Waals surface area contributed by atoms with Gasteiger partial charge in [-0.05, 0) is 57.4 Å². The number of nitrogens with zero attached hydrogens (tertiary/aromatic N) is 1. The number of phosphoric acid groups is 1. The van der Waals surface area contributed by atoms with Crippen LogP contribution < -0.4 is 5.32 Å². The molecule has 0 aliphatic carbocycles. The molecule has 0 saturated carbocycles. The lowest BCUT2D eigenvalue weighted by Crippen LogP contribution is -2.47. The molecule has 0 heterocycles. The molecule has 0 spiro atoms. The normalized spacial score (nSPS) is 13.6. The van der Waals surface area contributed by atoms with Crippen LogP contribution in [0.25, 0.3) is 0 Å². The monoisotopic (exact) mass is 1210 g/mol. The van der Waals surface area contributed by atoms with Gasteiger partial charge >= 0.3 is 13.8 Å². The van der Waals surface area contributed by atoms with Crippen LogP contribution in [0.2, 0.25) is 0 Å². The van der Waals surface area contributed by atoms with Crippen LogP contribution in [0.5, 0.6) is 0 Å². The predicted molar refractivity (Wildman–Crippen MR) is 365 cm³/mol. The van der Waals surface area contributed by atoms with Crippen LogP contribution in [0, 0.1) is 0 Å². The quantitative estimate of drug-likeness (QED) is 0.0205. The maximum atomic E-state index is 13.6. The first-order valence-corrected chi connectivity index (χ1v) is 38.7. The Balaban J connectivity index is 4.99. The van der Waals surface area contributed by atoms with Crippen LogP contribution in [0.3, 0.4) is 0 Å². The van der Waals surface area contributed by atoms with Gasteiger partial charge in [0.25, 0.3) is 0 Å².